The van der Waals surface area contributed by atoms with E-state index in [2.05, 4.69) is 65.7 Å². The lowest BCUT2D eigenvalue weighted by Gasteiger charge is -2.27. The van der Waals surface area contributed by atoms with Crippen LogP contribution in [0.3, 0.4) is 0 Å². The van der Waals surface area contributed by atoms with Gasteiger partial charge in [-0.25, -0.2) is 4.98 Å². The molecular weight excluding hydrogens is 258 g/mol. The zero-order valence-electron chi connectivity index (χ0n) is 13.3. The van der Waals surface area contributed by atoms with Crippen molar-refractivity contribution in [3.05, 3.63) is 54.6 Å². The first kappa shape index (κ1) is 14.3. The molecule has 1 heterocycles. The second kappa shape index (κ2) is 5.30. The number of rotatable bonds is 6. The molecule has 0 amide bonds. The molecule has 0 aliphatic heterocycles. The highest BCUT2D eigenvalue weighted by atomic mass is 15.1. The van der Waals surface area contributed by atoms with Crippen molar-refractivity contribution >= 4 is 0 Å². The Hall–Kier alpha value is -1.61. The van der Waals surface area contributed by atoms with Gasteiger partial charge in [-0.3, -0.25) is 0 Å². The van der Waals surface area contributed by atoms with Crippen LogP contribution in [0.2, 0.25) is 0 Å². The minimum atomic E-state index is 0.317. The van der Waals surface area contributed by atoms with Crippen molar-refractivity contribution in [3.63, 3.8) is 0 Å². The third-order valence-corrected chi connectivity index (χ3v) is 5.08. The van der Waals surface area contributed by atoms with Crippen molar-refractivity contribution in [1.82, 2.24) is 14.5 Å². The van der Waals surface area contributed by atoms with E-state index in [0.717, 1.165) is 19.6 Å². The van der Waals surface area contributed by atoms with Crippen molar-refractivity contribution in [3.8, 4) is 0 Å². The van der Waals surface area contributed by atoms with E-state index in [9.17, 15) is 0 Å². The maximum absolute atomic E-state index is 4.10. The first-order valence-electron chi connectivity index (χ1n) is 7.73. The Labute approximate surface area is 127 Å². The number of hydrogen-bond donors (Lipinski definition) is 0. The minimum Gasteiger partial charge on any atom is -0.336 e. The van der Waals surface area contributed by atoms with Gasteiger partial charge in [0.05, 0.1) is 6.33 Å². The summed E-state index contributed by atoms with van der Waals surface area (Å²) in [6.45, 7) is 7.97. The maximum atomic E-state index is 4.10. The molecule has 112 valence electrons. The fraction of sp³-hybridized carbons (Fsp3) is 0.500. The topological polar surface area (TPSA) is 21.1 Å². The van der Waals surface area contributed by atoms with Crippen LogP contribution in [-0.2, 0) is 12.0 Å². The highest BCUT2D eigenvalue weighted by Gasteiger charge is 2.61. The van der Waals surface area contributed by atoms with E-state index in [4.69, 9.17) is 0 Å². The molecular formula is C18H25N3. The van der Waals surface area contributed by atoms with Crippen LogP contribution in [-0.4, -0.2) is 34.6 Å². The molecule has 3 rings (SSSR count). The number of aromatic nitrogens is 2. The molecule has 0 radical (unpaired) electrons. The van der Waals surface area contributed by atoms with Gasteiger partial charge in [-0.15, -0.1) is 0 Å². The molecule has 3 heteroatoms. The maximum Gasteiger partial charge on any atom is 0.0946 e. The van der Waals surface area contributed by atoms with Gasteiger partial charge in [-0.05, 0) is 24.4 Å². The lowest BCUT2D eigenvalue weighted by molar-refractivity contribution is 0.268. The van der Waals surface area contributed by atoms with Crippen molar-refractivity contribution < 1.29 is 0 Å². The van der Waals surface area contributed by atoms with Crippen molar-refractivity contribution in [2.45, 2.75) is 32.2 Å². The SMILES string of the molecule is CN(CCn1ccnc1)CC1(c2ccccc2)CC1(C)C. The van der Waals surface area contributed by atoms with Gasteiger partial charge in [0.15, 0.2) is 0 Å². The lowest BCUT2D eigenvalue weighted by atomic mass is 9.87. The second-order valence-corrected chi connectivity index (χ2v) is 7.05. The monoisotopic (exact) mass is 283 g/mol. The van der Waals surface area contributed by atoms with Crippen LogP contribution in [0.4, 0.5) is 0 Å². The Morgan fingerprint density at radius 2 is 1.95 bits per heavy atom. The lowest BCUT2D eigenvalue weighted by Crippen LogP contribution is -2.34. The summed E-state index contributed by atoms with van der Waals surface area (Å²) in [5, 5.41) is 0. The molecule has 0 N–H and O–H groups in total. The molecule has 0 bridgehead atoms. The molecule has 0 saturated heterocycles. The van der Waals surface area contributed by atoms with E-state index in [1.54, 1.807) is 0 Å². The quantitative estimate of drug-likeness (QED) is 0.812. The highest BCUT2D eigenvalue weighted by Crippen LogP contribution is 2.64. The Bertz CT molecular complexity index is 574. The summed E-state index contributed by atoms with van der Waals surface area (Å²) >= 11 is 0. The van der Waals surface area contributed by atoms with Crippen LogP contribution >= 0.6 is 0 Å². The molecule has 2 aromatic rings. The van der Waals surface area contributed by atoms with E-state index in [1.165, 1.54) is 12.0 Å². The number of nitrogens with zero attached hydrogens (tertiary/aromatic N) is 3. The van der Waals surface area contributed by atoms with Crippen LogP contribution < -0.4 is 0 Å². The van der Waals surface area contributed by atoms with E-state index in [1.807, 2.05) is 18.7 Å². The van der Waals surface area contributed by atoms with Crippen LogP contribution in [0.15, 0.2) is 49.1 Å². The number of imidazole rings is 1. The summed E-state index contributed by atoms with van der Waals surface area (Å²) in [7, 11) is 2.23. The molecule has 1 aliphatic rings. The van der Waals surface area contributed by atoms with Crippen molar-refractivity contribution in [1.29, 1.82) is 0 Å². The molecule has 21 heavy (non-hydrogen) atoms. The summed E-state index contributed by atoms with van der Waals surface area (Å²) < 4.78 is 2.14. The number of hydrogen-bond acceptors (Lipinski definition) is 2. The van der Waals surface area contributed by atoms with Crippen LogP contribution in [0.1, 0.15) is 25.8 Å². The molecule has 1 fully saturated rings. The Morgan fingerprint density at radius 3 is 2.52 bits per heavy atom. The standard InChI is InChI=1S/C18H25N3/c1-17(2)13-18(17,16-7-5-4-6-8-16)14-20(3)11-12-21-10-9-19-15-21/h4-10,15H,11-14H2,1-3H3. The smallest absolute Gasteiger partial charge is 0.0946 e. The fourth-order valence-corrected chi connectivity index (χ4v) is 3.57. The highest BCUT2D eigenvalue weighted by molar-refractivity contribution is 5.37. The molecule has 1 saturated carbocycles. The fourth-order valence-electron chi connectivity index (χ4n) is 3.57. The first-order valence-corrected chi connectivity index (χ1v) is 7.73. The average Bonchev–Trinajstić information content (AvgIpc) is 2.83. The third kappa shape index (κ3) is 2.75. The molecule has 1 atom stereocenters. The van der Waals surface area contributed by atoms with Crippen LogP contribution in [0.5, 0.6) is 0 Å². The Kier molecular flexibility index (Phi) is 3.62. The van der Waals surface area contributed by atoms with E-state index >= 15 is 0 Å². The van der Waals surface area contributed by atoms with Gasteiger partial charge in [-0.1, -0.05) is 44.2 Å². The van der Waals surface area contributed by atoms with Gasteiger partial charge in [0.2, 0.25) is 0 Å². The van der Waals surface area contributed by atoms with Gasteiger partial charge < -0.3 is 9.47 Å². The van der Waals surface area contributed by atoms with E-state index in [0.29, 0.717) is 10.8 Å². The second-order valence-electron chi connectivity index (χ2n) is 7.05. The van der Waals surface area contributed by atoms with Crippen molar-refractivity contribution in [2.24, 2.45) is 5.41 Å². The summed E-state index contributed by atoms with van der Waals surface area (Å²) in [5.41, 5.74) is 2.21. The summed E-state index contributed by atoms with van der Waals surface area (Å²) in [4.78, 5) is 6.56. The molecule has 0 spiro atoms. The Morgan fingerprint density at radius 1 is 1.24 bits per heavy atom. The molecule has 1 aliphatic carbocycles. The minimum absolute atomic E-state index is 0.317. The zero-order valence-corrected chi connectivity index (χ0v) is 13.3. The largest absolute Gasteiger partial charge is 0.336 e. The van der Waals surface area contributed by atoms with E-state index < -0.39 is 0 Å². The number of benzene rings is 1. The summed E-state index contributed by atoms with van der Waals surface area (Å²) in [5.74, 6) is 0. The third-order valence-electron chi connectivity index (χ3n) is 5.08. The Balaban J connectivity index is 1.66. The summed E-state index contributed by atoms with van der Waals surface area (Å²) in [6, 6.07) is 11.0. The van der Waals surface area contributed by atoms with Crippen LogP contribution in [0, 0.1) is 5.41 Å². The van der Waals surface area contributed by atoms with Gasteiger partial charge >= 0.3 is 0 Å². The average molecular weight is 283 g/mol. The normalized spacial score (nSPS) is 23.4. The number of likely N-dealkylation sites (N-methyl/N-ethyl adjacent to an activating group) is 1. The van der Waals surface area contributed by atoms with Gasteiger partial charge in [0.25, 0.3) is 0 Å². The van der Waals surface area contributed by atoms with Gasteiger partial charge in [-0.2, -0.15) is 0 Å². The van der Waals surface area contributed by atoms with Gasteiger partial charge in [0.1, 0.15) is 0 Å². The van der Waals surface area contributed by atoms with Crippen LogP contribution in [0.25, 0.3) is 0 Å². The predicted molar refractivity (Wildman–Crippen MR) is 86.2 cm³/mol. The zero-order chi connectivity index (χ0) is 14.9. The van der Waals surface area contributed by atoms with Crippen molar-refractivity contribution in [2.75, 3.05) is 20.1 Å². The van der Waals surface area contributed by atoms with E-state index in [-0.39, 0.29) is 0 Å². The molecule has 3 nitrogen and oxygen atoms in total. The summed E-state index contributed by atoms with van der Waals surface area (Å²) in [6.07, 6.45) is 7.04. The molecule has 1 unspecified atom stereocenters. The predicted octanol–water partition coefficient (Wildman–Crippen LogP) is 3.18. The van der Waals surface area contributed by atoms with Gasteiger partial charge in [0, 0.05) is 37.4 Å². The molecule has 1 aromatic heterocycles. The molecule has 1 aromatic carbocycles. The first-order chi connectivity index (χ1) is 10.0.